The molecule has 6 heteroatoms. The second-order valence-corrected chi connectivity index (χ2v) is 18.2. The molecule has 0 saturated carbocycles. The van der Waals surface area contributed by atoms with Crippen LogP contribution in [0.1, 0.15) is 32.1 Å². The fourth-order valence-electron chi connectivity index (χ4n) is 2.40. The molecule has 3 aliphatic rings. The molecular weight excluding hydrogens is 548 g/mol. The van der Waals surface area contributed by atoms with Crippen molar-refractivity contribution in [3.8, 4) is 0 Å². The Bertz CT molecular complexity index is 345. The molecule has 0 nitrogen and oxygen atoms in total. The minimum absolute atomic E-state index is 0.899. The molecule has 0 aromatic heterocycles. The molecule has 3 rings (SSSR count). The maximum absolute atomic E-state index is 3.39. The van der Waals surface area contributed by atoms with Gasteiger partial charge in [-0.25, -0.2) is 0 Å². The van der Waals surface area contributed by atoms with Gasteiger partial charge >= 0.3 is 161 Å². The van der Waals surface area contributed by atoms with E-state index in [1.807, 2.05) is 0 Å². The monoisotopic (exact) mass is 572 g/mol. The second kappa shape index (κ2) is 8.57. The molecule has 0 bridgehead atoms. The van der Waals surface area contributed by atoms with Crippen LogP contribution in [0, 0.1) is 0 Å². The van der Waals surface area contributed by atoms with Crippen molar-refractivity contribution in [3.63, 3.8) is 0 Å². The van der Waals surface area contributed by atoms with E-state index in [4.69, 9.17) is 0 Å². The van der Waals surface area contributed by atoms with Gasteiger partial charge in [-0.15, -0.1) is 0 Å². The van der Waals surface area contributed by atoms with Crippen molar-refractivity contribution in [3.05, 3.63) is 0 Å². The Morgan fingerprint density at radius 1 is 0.950 bits per heavy atom. The van der Waals surface area contributed by atoms with E-state index < -0.39 is 0 Å². The van der Waals surface area contributed by atoms with E-state index in [0.29, 0.717) is 0 Å². The Morgan fingerprint density at radius 2 is 1.55 bits per heavy atom. The zero-order valence-electron chi connectivity index (χ0n) is 11.4. The third-order valence-electron chi connectivity index (χ3n) is 3.65. The van der Waals surface area contributed by atoms with Crippen molar-refractivity contribution in [1.29, 1.82) is 0 Å². The molecule has 0 amide bonds. The van der Waals surface area contributed by atoms with Crippen molar-refractivity contribution in [2.24, 2.45) is 0 Å². The summed E-state index contributed by atoms with van der Waals surface area (Å²) in [7, 11) is 0. The first-order valence-corrected chi connectivity index (χ1v) is 15.2. The predicted octanol–water partition coefficient (Wildman–Crippen LogP) is 2.22. The molecule has 3 heterocycles. The van der Waals surface area contributed by atoms with Gasteiger partial charge in [-0.2, -0.15) is 0 Å². The van der Waals surface area contributed by atoms with Crippen LogP contribution in [0.25, 0.3) is 0 Å². The quantitative estimate of drug-likeness (QED) is 0.326. The number of hydrogen-bond acceptors (Lipinski definition) is 2. The van der Waals surface area contributed by atoms with Gasteiger partial charge in [0, 0.05) is 0 Å². The van der Waals surface area contributed by atoms with Crippen LogP contribution in [0.15, 0.2) is 0 Å². The van der Waals surface area contributed by atoms with Gasteiger partial charge in [0.25, 0.3) is 0 Å². The van der Waals surface area contributed by atoms with Crippen molar-refractivity contribution >= 4 is 93.4 Å². The van der Waals surface area contributed by atoms with Crippen molar-refractivity contribution < 1.29 is 0 Å². The van der Waals surface area contributed by atoms with Crippen LogP contribution in [-0.2, 0) is 0 Å². The van der Waals surface area contributed by atoms with Gasteiger partial charge in [0.2, 0.25) is 0 Å². The molecule has 0 aliphatic carbocycles. The first-order valence-electron chi connectivity index (χ1n) is 7.22. The number of hydrogen-bond donors (Lipinski definition) is 0. The molecule has 0 aromatic carbocycles. The maximum atomic E-state index is 3.39. The Balaban J connectivity index is 1.38. The van der Waals surface area contributed by atoms with E-state index in [0.717, 1.165) is 48.9 Å². The van der Waals surface area contributed by atoms with Crippen LogP contribution < -0.4 is 0 Å². The molecule has 0 radical (unpaired) electrons. The average Bonchev–Trinajstić information content (AvgIpc) is 3.26. The fourth-order valence-corrected chi connectivity index (χ4v) is 16.6. The van der Waals surface area contributed by atoms with Crippen LogP contribution in [0.5, 0.6) is 0 Å². The molecule has 20 heavy (non-hydrogen) atoms. The molecular formula is C14H20S2Se4. The van der Waals surface area contributed by atoms with E-state index >= 15 is 0 Å². The zero-order chi connectivity index (χ0) is 13.9. The van der Waals surface area contributed by atoms with Gasteiger partial charge in [0.05, 0.1) is 0 Å². The van der Waals surface area contributed by atoms with Gasteiger partial charge < -0.3 is 0 Å². The second-order valence-electron chi connectivity index (χ2n) is 5.65. The SMILES string of the molecule is [Se]=C(CC1CS1)CC1CC[Se]C(CC(=[Se])CC2CS2)[Se]1. The third-order valence-corrected chi connectivity index (χ3v) is 14.4. The predicted molar refractivity (Wildman–Crippen MR) is 101 cm³/mol. The van der Waals surface area contributed by atoms with Crippen molar-refractivity contribution in [1.82, 2.24) is 0 Å². The fraction of sp³-hybridized carbons (Fsp3) is 0.857. The summed E-state index contributed by atoms with van der Waals surface area (Å²) in [5.41, 5.74) is 0. The molecule has 3 saturated heterocycles. The average molecular weight is 568 g/mol. The molecule has 0 aromatic rings. The van der Waals surface area contributed by atoms with E-state index in [2.05, 4.69) is 54.7 Å². The summed E-state index contributed by atoms with van der Waals surface area (Å²) in [4.78, 5) is 1.05. The van der Waals surface area contributed by atoms with Crippen molar-refractivity contribution in [2.75, 3.05) is 11.5 Å². The summed E-state index contributed by atoms with van der Waals surface area (Å²) in [6, 6.07) is 0. The first-order chi connectivity index (χ1) is 9.69. The summed E-state index contributed by atoms with van der Waals surface area (Å²) in [5.74, 6) is 2.83. The van der Waals surface area contributed by atoms with Gasteiger partial charge in [0.15, 0.2) is 0 Å². The molecule has 0 spiro atoms. The third kappa shape index (κ3) is 6.56. The minimum atomic E-state index is 0.899. The summed E-state index contributed by atoms with van der Waals surface area (Å²) < 4.78 is 4.47. The van der Waals surface area contributed by atoms with Gasteiger partial charge in [0.1, 0.15) is 0 Å². The summed E-state index contributed by atoms with van der Waals surface area (Å²) in [6.45, 7) is 0. The van der Waals surface area contributed by atoms with E-state index in [-0.39, 0.29) is 0 Å². The molecule has 3 fully saturated rings. The number of rotatable bonds is 8. The Kier molecular flexibility index (Phi) is 7.43. The molecule has 4 unspecified atom stereocenters. The molecule has 4 atom stereocenters. The number of thioether (sulfide) groups is 2. The molecule has 0 N–H and O–H groups in total. The molecule has 112 valence electrons. The van der Waals surface area contributed by atoms with E-state index in [1.165, 1.54) is 43.6 Å². The van der Waals surface area contributed by atoms with E-state index in [1.54, 1.807) is 14.2 Å². The normalized spacial score (nSPS) is 35.6. The van der Waals surface area contributed by atoms with Gasteiger partial charge in [-0.05, 0) is 0 Å². The first kappa shape index (κ1) is 17.3. The van der Waals surface area contributed by atoms with Crippen LogP contribution in [0.2, 0.25) is 13.9 Å². The zero-order valence-corrected chi connectivity index (χ0v) is 19.9. The van der Waals surface area contributed by atoms with Crippen LogP contribution in [0.3, 0.4) is 0 Å². The molecule has 3 aliphatic heterocycles. The Morgan fingerprint density at radius 3 is 2.15 bits per heavy atom. The standard InChI is InChI=1S/C14H20S2Se4/c17-11(3-9-7-15-9)5-13-1-2-19-14(20-13)6-12(18)4-10-8-16-10/h9-10,13-14H,1-8H2. The van der Waals surface area contributed by atoms with Crippen LogP contribution >= 0.6 is 23.5 Å². The Labute approximate surface area is 159 Å². The van der Waals surface area contributed by atoms with Gasteiger partial charge in [-0.3, -0.25) is 0 Å². The topological polar surface area (TPSA) is 0 Å². The summed E-state index contributed by atoms with van der Waals surface area (Å²) >= 11 is 12.9. The summed E-state index contributed by atoms with van der Waals surface area (Å²) in [6.07, 6.45) is 7.10. The van der Waals surface area contributed by atoms with Gasteiger partial charge in [-0.1, -0.05) is 0 Å². The van der Waals surface area contributed by atoms with Crippen LogP contribution in [0.4, 0.5) is 0 Å². The Hall–Kier alpha value is 2.52. The summed E-state index contributed by atoms with van der Waals surface area (Å²) in [5, 5.41) is 3.50. The van der Waals surface area contributed by atoms with Crippen LogP contribution in [-0.4, -0.2) is 91.9 Å². The van der Waals surface area contributed by atoms with Crippen molar-refractivity contribution in [2.45, 2.75) is 56.5 Å². The van der Waals surface area contributed by atoms with E-state index in [9.17, 15) is 0 Å².